The Hall–Kier alpha value is -0.298. The van der Waals surface area contributed by atoms with Crippen molar-refractivity contribution in [3.63, 3.8) is 0 Å². The van der Waals surface area contributed by atoms with Crippen LogP contribution < -0.4 is 0 Å². The van der Waals surface area contributed by atoms with E-state index < -0.39 is 5.82 Å². The molecule has 2 rings (SSSR count). The number of aromatic nitrogens is 1. The molecular formula is C11H9ClFNOU. The van der Waals surface area contributed by atoms with Crippen LogP contribution in [0.3, 0.4) is 0 Å². The molecule has 5 heteroatoms. The maximum atomic E-state index is 13.1. The van der Waals surface area contributed by atoms with E-state index >= 15 is 0 Å². The number of nitrogens with zero attached hydrogens (tertiary/aromatic N) is 1. The van der Waals surface area contributed by atoms with Crippen molar-refractivity contribution >= 4 is 28.8 Å². The normalized spacial score (nSPS) is 9.44. The minimum atomic E-state index is -0.484. The first-order valence-electron chi connectivity index (χ1n) is 3.96. The second-order valence-electron chi connectivity index (χ2n) is 2.98. The van der Waals surface area contributed by atoms with Gasteiger partial charge in [-0.05, 0) is 12.1 Å². The largest absolute Gasteiger partial charge is 2.00 e. The molecule has 0 N–H and O–H groups in total. The predicted octanol–water partition coefficient (Wildman–Crippen LogP) is 2.88. The zero-order chi connectivity index (χ0) is 10.3. The van der Waals surface area contributed by atoms with Crippen LogP contribution in [-0.4, -0.2) is 10.9 Å². The molecule has 0 atom stereocenters. The van der Waals surface area contributed by atoms with Crippen molar-refractivity contribution < 1.29 is 40.3 Å². The Morgan fingerprint density at radius 1 is 1.44 bits per heavy atom. The van der Waals surface area contributed by atoms with Gasteiger partial charge in [0.15, 0.2) is 0 Å². The van der Waals surface area contributed by atoms with Crippen molar-refractivity contribution in [1.82, 2.24) is 4.57 Å². The molecule has 0 fully saturated rings. The fourth-order valence-electron chi connectivity index (χ4n) is 1.45. The summed E-state index contributed by atoms with van der Waals surface area (Å²) in [6, 6.07) is 4.38. The second-order valence-corrected chi connectivity index (χ2v) is 3.36. The molecule has 0 aliphatic heterocycles. The molecule has 0 aliphatic rings. The Kier molecular flexibility index (Phi) is 5.75. The van der Waals surface area contributed by atoms with Crippen LogP contribution in [0.5, 0.6) is 0 Å². The van der Waals surface area contributed by atoms with E-state index in [0.717, 1.165) is 5.52 Å². The van der Waals surface area contributed by atoms with Crippen molar-refractivity contribution in [3.05, 3.63) is 42.2 Å². The molecule has 0 spiro atoms. The van der Waals surface area contributed by atoms with Gasteiger partial charge in [-0.2, -0.15) is 6.07 Å². The fraction of sp³-hybridized carbons (Fsp3) is 0.0909. The van der Waals surface area contributed by atoms with Crippen LogP contribution in [0.4, 0.5) is 4.39 Å². The van der Waals surface area contributed by atoms with Crippen molar-refractivity contribution in [1.29, 1.82) is 0 Å². The van der Waals surface area contributed by atoms with E-state index in [-0.39, 0.29) is 43.6 Å². The monoisotopic (exact) mass is 463 g/mol. The van der Waals surface area contributed by atoms with Gasteiger partial charge in [0.2, 0.25) is 0 Å². The average molecular weight is 464 g/mol. The van der Waals surface area contributed by atoms with Crippen LogP contribution in [0.15, 0.2) is 18.2 Å². The summed E-state index contributed by atoms with van der Waals surface area (Å²) in [4.78, 5) is 10.5. The smallest absolute Gasteiger partial charge is 0.417 e. The van der Waals surface area contributed by atoms with Gasteiger partial charge in [0.1, 0.15) is 5.82 Å². The number of benzene rings is 1. The molecule has 1 heterocycles. The summed E-state index contributed by atoms with van der Waals surface area (Å²) in [5.41, 5.74) is 1.07. The van der Waals surface area contributed by atoms with Gasteiger partial charge in [0, 0.05) is 18.9 Å². The van der Waals surface area contributed by atoms with Crippen LogP contribution in [0, 0.1) is 44.4 Å². The van der Waals surface area contributed by atoms with Gasteiger partial charge in [0.25, 0.3) is 0 Å². The Balaban J connectivity index is 0.00000112. The van der Waals surface area contributed by atoms with Gasteiger partial charge in [-0.3, -0.25) is 0 Å². The molecule has 0 radical (unpaired) electrons. The average Bonchev–Trinajstić information content (AvgIpc) is 2.50. The SMILES string of the molecule is Cn1c([C-]=O)cc2c(Cl)c(F)ccc21.[CH3-].[U+2]. The van der Waals surface area contributed by atoms with E-state index in [9.17, 15) is 9.18 Å². The van der Waals surface area contributed by atoms with Gasteiger partial charge in [-0.25, -0.2) is 4.39 Å². The molecule has 0 saturated carbocycles. The molecule has 0 aliphatic carbocycles. The number of hydrogen-bond acceptors (Lipinski definition) is 1. The maximum absolute atomic E-state index is 13.1. The third kappa shape index (κ3) is 2.35. The van der Waals surface area contributed by atoms with E-state index in [1.54, 1.807) is 24.0 Å². The van der Waals surface area contributed by atoms with E-state index in [0.29, 0.717) is 11.1 Å². The Morgan fingerprint density at radius 2 is 2.06 bits per heavy atom. The summed E-state index contributed by atoms with van der Waals surface area (Å²) in [5, 5.41) is 0.576. The number of carbonyl (C=O) groups excluding carboxylic acids is 1. The number of halogens is 2. The molecule has 16 heavy (non-hydrogen) atoms. The Labute approximate surface area is 122 Å². The molecule has 0 bridgehead atoms. The molecule has 0 amide bonds. The number of fused-ring (bicyclic) bond motifs is 1. The molecule has 1 aromatic heterocycles. The van der Waals surface area contributed by atoms with Gasteiger partial charge in [0.05, 0.1) is 5.02 Å². The summed E-state index contributed by atoms with van der Waals surface area (Å²) in [5.74, 6) is -0.484. The third-order valence-corrected chi connectivity index (χ3v) is 2.60. The Bertz CT molecular complexity index is 524. The summed E-state index contributed by atoms with van der Waals surface area (Å²) in [6.45, 7) is 0. The molecule has 0 saturated heterocycles. The van der Waals surface area contributed by atoms with Crippen LogP contribution in [0.1, 0.15) is 5.69 Å². The molecular weight excluding hydrogens is 455 g/mol. The first-order chi connectivity index (χ1) is 6.65. The van der Waals surface area contributed by atoms with Crippen LogP contribution in [0.25, 0.3) is 10.9 Å². The topological polar surface area (TPSA) is 22.0 Å². The number of hydrogen-bond donors (Lipinski definition) is 0. The zero-order valence-electron chi connectivity index (χ0n) is 8.84. The van der Waals surface area contributed by atoms with Gasteiger partial charge in [-0.1, -0.05) is 22.7 Å². The molecule has 0 unspecified atom stereocenters. The fourth-order valence-corrected chi connectivity index (χ4v) is 1.66. The standard InChI is InChI=1S/C10H6ClFNO.CH3.U/c1-13-6(5-14)4-7-9(13)3-2-8(12)10(7)11;;/h2-4H,1H3;1H3;/q2*-1;+2. The third-order valence-electron chi connectivity index (χ3n) is 2.22. The molecule has 2 aromatic rings. The summed E-state index contributed by atoms with van der Waals surface area (Å²) in [6.07, 6.45) is 1.76. The zero-order valence-corrected chi connectivity index (χ0v) is 13.8. The van der Waals surface area contributed by atoms with Crippen molar-refractivity contribution in [2.75, 3.05) is 0 Å². The Morgan fingerprint density at radius 3 is 2.62 bits per heavy atom. The van der Waals surface area contributed by atoms with Crippen LogP contribution in [0.2, 0.25) is 5.02 Å². The van der Waals surface area contributed by atoms with Crippen molar-refractivity contribution in [2.45, 2.75) is 0 Å². The van der Waals surface area contributed by atoms with Gasteiger partial charge < -0.3 is 16.8 Å². The van der Waals surface area contributed by atoms with E-state index in [1.165, 1.54) is 12.1 Å². The first-order valence-corrected chi connectivity index (χ1v) is 4.34. The van der Waals surface area contributed by atoms with Crippen molar-refractivity contribution in [2.24, 2.45) is 7.05 Å². The molecule has 2 nitrogen and oxygen atoms in total. The summed E-state index contributed by atoms with van der Waals surface area (Å²) < 4.78 is 14.7. The van der Waals surface area contributed by atoms with E-state index in [4.69, 9.17) is 11.6 Å². The number of rotatable bonds is 1. The predicted molar refractivity (Wildman–Crippen MR) is 59.1 cm³/mol. The summed E-state index contributed by atoms with van der Waals surface area (Å²) in [7, 11) is 1.71. The van der Waals surface area contributed by atoms with E-state index in [2.05, 4.69) is 0 Å². The van der Waals surface area contributed by atoms with Gasteiger partial charge in [-0.15, -0.1) is 0 Å². The quantitative estimate of drug-likeness (QED) is 0.596. The van der Waals surface area contributed by atoms with E-state index in [1.807, 2.05) is 0 Å². The molecule has 1 aromatic carbocycles. The minimum Gasteiger partial charge on any atom is -0.417 e. The number of aryl methyl sites for hydroxylation is 1. The molecule has 82 valence electrons. The maximum Gasteiger partial charge on any atom is 2.00 e. The van der Waals surface area contributed by atoms with Crippen LogP contribution in [-0.2, 0) is 11.8 Å². The summed E-state index contributed by atoms with van der Waals surface area (Å²) >= 11 is 5.75. The minimum absolute atomic E-state index is 0. The van der Waals surface area contributed by atoms with Crippen LogP contribution >= 0.6 is 11.6 Å². The second kappa shape index (κ2) is 5.86. The van der Waals surface area contributed by atoms with Gasteiger partial charge >= 0.3 is 31.1 Å². The van der Waals surface area contributed by atoms with Crippen molar-refractivity contribution in [3.8, 4) is 0 Å². The first kappa shape index (κ1) is 15.7.